The molecule has 0 atom stereocenters. The average Bonchev–Trinajstić information content (AvgIpc) is 3.15. The molecule has 1 aromatic heterocycles. The summed E-state index contributed by atoms with van der Waals surface area (Å²) < 4.78 is 26.8. The van der Waals surface area contributed by atoms with Gasteiger partial charge in [-0.25, -0.2) is 9.07 Å². The summed E-state index contributed by atoms with van der Waals surface area (Å²) >= 11 is 3.52. The van der Waals surface area contributed by atoms with Gasteiger partial charge in [-0.3, -0.25) is 0 Å². The van der Waals surface area contributed by atoms with Gasteiger partial charge in [-0.2, -0.15) is 5.10 Å². The van der Waals surface area contributed by atoms with Crippen LogP contribution in [0.2, 0.25) is 0 Å². The van der Waals surface area contributed by atoms with Crippen LogP contribution >= 0.6 is 15.9 Å². The van der Waals surface area contributed by atoms with Gasteiger partial charge in [0.15, 0.2) is 11.5 Å². The van der Waals surface area contributed by atoms with Crippen LogP contribution in [-0.2, 0) is 6.61 Å². The average molecular weight is 419 g/mol. The van der Waals surface area contributed by atoms with Crippen molar-refractivity contribution in [2.24, 2.45) is 5.10 Å². The lowest BCUT2D eigenvalue weighted by atomic mass is 10.2. The van der Waals surface area contributed by atoms with Crippen LogP contribution in [0.4, 0.5) is 4.39 Å². The van der Waals surface area contributed by atoms with Gasteiger partial charge in [0.2, 0.25) is 0 Å². The molecule has 26 heavy (non-hydrogen) atoms. The van der Waals surface area contributed by atoms with E-state index in [4.69, 9.17) is 9.47 Å². The maximum Gasteiger partial charge on any atom is 0.162 e. The fraction of sp³-hybridized carbons (Fsp3) is 0.167. The van der Waals surface area contributed by atoms with E-state index < -0.39 is 0 Å². The smallest absolute Gasteiger partial charge is 0.162 e. The first-order chi connectivity index (χ1) is 12.7. The molecule has 0 fully saturated rings. The third-order valence-corrected chi connectivity index (χ3v) is 4.09. The van der Waals surface area contributed by atoms with Crippen molar-refractivity contribution in [1.29, 1.82) is 0 Å². The van der Waals surface area contributed by atoms with E-state index in [2.05, 4.69) is 31.2 Å². The molecule has 2 aromatic carbocycles. The van der Waals surface area contributed by atoms with E-state index in [9.17, 15) is 4.39 Å². The van der Waals surface area contributed by atoms with E-state index >= 15 is 0 Å². The quantitative estimate of drug-likeness (QED) is 0.543. The van der Waals surface area contributed by atoms with E-state index in [-0.39, 0.29) is 5.82 Å². The molecule has 0 amide bonds. The Kier molecular flexibility index (Phi) is 5.96. The third-order valence-electron chi connectivity index (χ3n) is 3.41. The summed E-state index contributed by atoms with van der Waals surface area (Å²) in [6, 6.07) is 9.84. The molecule has 1 heterocycles. The number of ether oxygens (including phenoxy) is 2. The first kappa shape index (κ1) is 18.1. The molecule has 6 nitrogen and oxygen atoms in total. The summed E-state index contributed by atoms with van der Waals surface area (Å²) in [5.74, 6) is 0.913. The molecule has 0 saturated carbocycles. The van der Waals surface area contributed by atoms with Crippen molar-refractivity contribution in [3.63, 3.8) is 0 Å². The van der Waals surface area contributed by atoms with Crippen LogP contribution in [0, 0.1) is 5.82 Å². The van der Waals surface area contributed by atoms with Gasteiger partial charge in [0.05, 0.1) is 12.8 Å². The first-order valence-corrected chi connectivity index (χ1v) is 8.67. The van der Waals surface area contributed by atoms with Gasteiger partial charge in [0.25, 0.3) is 0 Å². The van der Waals surface area contributed by atoms with Gasteiger partial charge in [-0.05, 0) is 52.7 Å². The van der Waals surface area contributed by atoms with Crippen LogP contribution in [0.1, 0.15) is 18.1 Å². The van der Waals surface area contributed by atoms with Crippen molar-refractivity contribution in [2.45, 2.75) is 13.5 Å². The summed E-state index contributed by atoms with van der Waals surface area (Å²) in [5.41, 5.74) is 1.68. The van der Waals surface area contributed by atoms with Gasteiger partial charge in [0, 0.05) is 10.0 Å². The Hall–Kier alpha value is -2.74. The number of benzene rings is 2. The molecule has 0 N–H and O–H groups in total. The highest BCUT2D eigenvalue weighted by atomic mass is 79.9. The Balaban J connectivity index is 1.80. The minimum Gasteiger partial charge on any atom is -0.490 e. The number of halogens is 2. The largest absolute Gasteiger partial charge is 0.490 e. The molecule has 0 saturated heterocycles. The van der Waals surface area contributed by atoms with Crippen molar-refractivity contribution in [2.75, 3.05) is 6.61 Å². The van der Waals surface area contributed by atoms with Gasteiger partial charge < -0.3 is 9.47 Å². The summed E-state index contributed by atoms with van der Waals surface area (Å²) in [4.78, 5) is 0. The van der Waals surface area contributed by atoms with Gasteiger partial charge >= 0.3 is 0 Å². The predicted octanol–water partition coefficient (Wildman–Crippen LogP) is 4.04. The molecular weight excluding hydrogens is 403 g/mol. The molecule has 134 valence electrons. The fourth-order valence-electron chi connectivity index (χ4n) is 2.16. The summed E-state index contributed by atoms with van der Waals surface area (Å²) in [6.07, 6.45) is 4.65. The topological polar surface area (TPSA) is 61.5 Å². The SMILES string of the molecule is CCOc1cc(/C=N\n2cnnc2)c(Br)cc1OCc1ccc(F)cc1. The Morgan fingerprint density at radius 2 is 1.81 bits per heavy atom. The van der Waals surface area contributed by atoms with E-state index in [0.717, 1.165) is 15.6 Å². The molecule has 3 aromatic rings. The van der Waals surface area contributed by atoms with Crippen molar-refractivity contribution in [1.82, 2.24) is 14.9 Å². The minimum atomic E-state index is -0.275. The lowest BCUT2D eigenvalue weighted by Gasteiger charge is -2.14. The van der Waals surface area contributed by atoms with E-state index in [1.807, 2.05) is 19.1 Å². The molecule has 0 aliphatic carbocycles. The maximum atomic E-state index is 13.0. The molecule has 0 unspecified atom stereocenters. The summed E-state index contributed by atoms with van der Waals surface area (Å²) in [5, 5.41) is 11.6. The number of rotatable bonds is 7. The van der Waals surface area contributed by atoms with Crippen LogP contribution < -0.4 is 9.47 Å². The van der Waals surface area contributed by atoms with Crippen LogP contribution in [0.5, 0.6) is 11.5 Å². The van der Waals surface area contributed by atoms with Crippen LogP contribution in [0.15, 0.2) is 58.6 Å². The fourth-order valence-corrected chi connectivity index (χ4v) is 2.58. The predicted molar refractivity (Wildman–Crippen MR) is 99.1 cm³/mol. The second-order valence-electron chi connectivity index (χ2n) is 5.26. The monoisotopic (exact) mass is 418 g/mol. The van der Waals surface area contributed by atoms with E-state index in [0.29, 0.717) is 24.7 Å². The van der Waals surface area contributed by atoms with Crippen LogP contribution in [0.3, 0.4) is 0 Å². The number of nitrogens with zero attached hydrogens (tertiary/aromatic N) is 4. The molecule has 0 spiro atoms. The maximum absolute atomic E-state index is 13.0. The number of hydrogen-bond acceptors (Lipinski definition) is 5. The van der Waals surface area contributed by atoms with Crippen molar-refractivity contribution in [3.8, 4) is 11.5 Å². The minimum absolute atomic E-state index is 0.275. The standard InChI is InChI=1S/C18H16BrFN4O2/c1-2-25-17-7-14(9-23-24-11-21-22-12-24)16(19)8-18(17)26-10-13-3-5-15(20)6-4-13/h3-9,11-12H,2,10H2,1H3/b23-9-. The van der Waals surface area contributed by atoms with E-state index in [1.54, 1.807) is 18.3 Å². The Morgan fingerprint density at radius 3 is 2.50 bits per heavy atom. The lowest BCUT2D eigenvalue weighted by Crippen LogP contribution is -2.01. The second kappa shape index (κ2) is 8.57. The zero-order valence-corrected chi connectivity index (χ0v) is 15.6. The normalized spacial score (nSPS) is 11.0. The first-order valence-electron chi connectivity index (χ1n) is 7.88. The molecule has 3 rings (SSSR count). The Labute approximate surface area is 158 Å². The Morgan fingerprint density at radius 1 is 1.12 bits per heavy atom. The summed E-state index contributed by atoms with van der Waals surface area (Å²) in [6.45, 7) is 2.70. The van der Waals surface area contributed by atoms with Gasteiger partial charge in [-0.1, -0.05) is 12.1 Å². The van der Waals surface area contributed by atoms with Crippen molar-refractivity contribution >= 4 is 22.1 Å². The van der Waals surface area contributed by atoms with E-state index in [1.165, 1.54) is 29.5 Å². The lowest BCUT2D eigenvalue weighted by molar-refractivity contribution is 0.269. The molecule has 0 radical (unpaired) electrons. The molecular formula is C18H16BrFN4O2. The van der Waals surface area contributed by atoms with Gasteiger partial charge in [0.1, 0.15) is 25.1 Å². The van der Waals surface area contributed by atoms with Crippen LogP contribution in [0.25, 0.3) is 0 Å². The highest BCUT2D eigenvalue weighted by Gasteiger charge is 2.10. The van der Waals surface area contributed by atoms with Crippen molar-refractivity contribution < 1.29 is 13.9 Å². The molecule has 8 heteroatoms. The third kappa shape index (κ3) is 4.66. The highest BCUT2D eigenvalue weighted by Crippen LogP contribution is 2.33. The highest BCUT2D eigenvalue weighted by molar-refractivity contribution is 9.10. The number of hydrogen-bond donors (Lipinski definition) is 0. The van der Waals surface area contributed by atoms with Gasteiger partial charge in [-0.15, -0.1) is 10.2 Å². The molecule has 0 bridgehead atoms. The van der Waals surface area contributed by atoms with Crippen LogP contribution in [-0.4, -0.2) is 27.7 Å². The Bertz CT molecular complexity index is 883. The molecule has 0 aliphatic rings. The second-order valence-corrected chi connectivity index (χ2v) is 6.11. The zero-order chi connectivity index (χ0) is 18.4. The zero-order valence-electron chi connectivity index (χ0n) is 14.0. The van der Waals surface area contributed by atoms with Crippen molar-refractivity contribution in [3.05, 3.63) is 70.5 Å². The molecule has 0 aliphatic heterocycles. The summed E-state index contributed by atoms with van der Waals surface area (Å²) in [7, 11) is 0. The number of aromatic nitrogens is 3.